The minimum atomic E-state index is 0.395. The second-order valence-electron chi connectivity index (χ2n) is 3.40. The maximum Gasteiger partial charge on any atom is 0.238 e. The number of nitrogens with zero attached hydrogens (tertiary/aromatic N) is 2. The molecule has 0 aliphatic rings. The Morgan fingerprint density at radius 3 is 2.69 bits per heavy atom. The summed E-state index contributed by atoms with van der Waals surface area (Å²) in [6, 6.07) is 3.34. The van der Waals surface area contributed by atoms with E-state index in [0.29, 0.717) is 23.3 Å². The van der Waals surface area contributed by atoms with Crippen molar-refractivity contribution in [3.05, 3.63) is 17.3 Å². The van der Waals surface area contributed by atoms with Crippen molar-refractivity contribution >= 4 is 17.3 Å². The van der Waals surface area contributed by atoms with E-state index in [9.17, 15) is 0 Å². The zero-order valence-electron chi connectivity index (χ0n) is 9.74. The van der Waals surface area contributed by atoms with Gasteiger partial charge in [0.1, 0.15) is 11.8 Å². The number of halogens is 1. The van der Waals surface area contributed by atoms with E-state index in [1.54, 1.807) is 12.1 Å². The number of aromatic nitrogens is 1. The van der Waals surface area contributed by atoms with Crippen molar-refractivity contribution in [3.63, 3.8) is 0 Å². The Kier molecular flexibility index (Phi) is 5.35. The molecule has 1 heterocycles. The standard InChI is InChI=1S/C11H18ClN3O/c1-3-15(4-2)7-8-16-11-9(13)5-6-10(12)14-11/h5-6H,3-4,7-8,13H2,1-2H3. The molecule has 1 rings (SSSR count). The van der Waals surface area contributed by atoms with Gasteiger partial charge in [-0.15, -0.1) is 0 Å². The normalized spacial score (nSPS) is 10.8. The van der Waals surface area contributed by atoms with Crippen LogP contribution in [0.1, 0.15) is 13.8 Å². The summed E-state index contributed by atoms with van der Waals surface area (Å²) in [5.41, 5.74) is 6.23. The molecule has 0 aromatic carbocycles. The minimum Gasteiger partial charge on any atom is -0.475 e. The third-order valence-corrected chi connectivity index (χ3v) is 2.61. The molecule has 0 amide bonds. The second-order valence-corrected chi connectivity index (χ2v) is 3.79. The number of nitrogens with two attached hydrogens (primary N) is 1. The van der Waals surface area contributed by atoms with Crippen LogP contribution >= 0.6 is 11.6 Å². The minimum absolute atomic E-state index is 0.395. The molecule has 0 bridgehead atoms. The number of rotatable bonds is 6. The summed E-state index contributed by atoms with van der Waals surface area (Å²) < 4.78 is 5.49. The molecule has 0 radical (unpaired) electrons. The second kappa shape index (κ2) is 6.55. The number of likely N-dealkylation sites (N-methyl/N-ethyl adjacent to an activating group) is 1. The van der Waals surface area contributed by atoms with E-state index in [1.165, 1.54) is 0 Å². The molecule has 1 aromatic rings. The summed E-state index contributed by atoms with van der Waals surface area (Å²) in [6.45, 7) is 7.70. The molecule has 0 saturated carbocycles. The first kappa shape index (κ1) is 13.1. The molecule has 4 nitrogen and oxygen atoms in total. The topological polar surface area (TPSA) is 51.4 Å². The molecule has 2 N–H and O–H groups in total. The fourth-order valence-corrected chi connectivity index (χ4v) is 1.50. The Hall–Kier alpha value is -1.00. The number of hydrogen-bond acceptors (Lipinski definition) is 4. The molecule has 0 unspecified atom stereocenters. The molecule has 1 aromatic heterocycles. The van der Waals surface area contributed by atoms with Gasteiger partial charge in [0.2, 0.25) is 5.88 Å². The van der Waals surface area contributed by atoms with Crippen LogP contribution in [0.3, 0.4) is 0 Å². The molecule has 5 heteroatoms. The zero-order valence-corrected chi connectivity index (χ0v) is 10.5. The van der Waals surface area contributed by atoms with Crippen molar-refractivity contribution in [2.24, 2.45) is 0 Å². The van der Waals surface area contributed by atoms with Gasteiger partial charge in [0, 0.05) is 6.54 Å². The quantitative estimate of drug-likeness (QED) is 0.777. The highest BCUT2D eigenvalue weighted by Crippen LogP contribution is 2.20. The molecule has 0 aliphatic carbocycles. The molecule has 0 atom stereocenters. The van der Waals surface area contributed by atoms with Crippen LogP contribution in [0.25, 0.3) is 0 Å². The monoisotopic (exact) mass is 243 g/mol. The highest BCUT2D eigenvalue weighted by Gasteiger charge is 2.04. The smallest absolute Gasteiger partial charge is 0.238 e. The van der Waals surface area contributed by atoms with Gasteiger partial charge in [0.05, 0.1) is 5.69 Å². The molecule has 16 heavy (non-hydrogen) atoms. The highest BCUT2D eigenvalue weighted by molar-refractivity contribution is 6.29. The number of nitrogen functional groups attached to an aromatic ring is 1. The van der Waals surface area contributed by atoms with E-state index in [-0.39, 0.29) is 0 Å². The molecule has 90 valence electrons. The zero-order chi connectivity index (χ0) is 12.0. The predicted molar refractivity (Wildman–Crippen MR) is 66.9 cm³/mol. The summed E-state index contributed by atoms with van der Waals surface area (Å²) in [5.74, 6) is 0.416. The Morgan fingerprint density at radius 2 is 2.06 bits per heavy atom. The lowest BCUT2D eigenvalue weighted by Gasteiger charge is -2.18. The number of anilines is 1. The van der Waals surface area contributed by atoms with Gasteiger partial charge in [-0.3, -0.25) is 0 Å². The maximum atomic E-state index is 5.76. The fourth-order valence-electron chi connectivity index (χ4n) is 1.36. The summed E-state index contributed by atoms with van der Waals surface area (Å²) in [7, 11) is 0. The van der Waals surface area contributed by atoms with E-state index >= 15 is 0 Å². The van der Waals surface area contributed by atoms with E-state index in [4.69, 9.17) is 22.1 Å². The van der Waals surface area contributed by atoms with E-state index in [0.717, 1.165) is 19.6 Å². The summed E-state index contributed by atoms with van der Waals surface area (Å²) in [5, 5.41) is 0.395. The first-order valence-corrected chi connectivity index (χ1v) is 5.82. The molecular formula is C11H18ClN3O. The van der Waals surface area contributed by atoms with Crippen molar-refractivity contribution in [3.8, 4) is 5.88 Å². The van der Waals surface area contributed by atoms with Gasteiger partial charge in [-0.05, 0) is 25.2 Å². The molecule has 0 saturated heterocycles. The van der Waals surface area contributed by atoms with Crippen LogP contribution in [0.15, 0.2) is 12.1 Å². The van der Waals surface area contributed by atoms with Gasteiger partial charge in [0.25, 0.3) is 0 Å². The number of ether oxygens (including phenoxy) is 1. The van der Waals surface area contributed by atoms with Crippen molar-refractivity contribution < 1.29 is 4.74 Å². The van der Waals surface area contributed by atoms with E-state index in [1.807, 2.05) is 0 Å². The lowest BCUT2D eigenvalue weighted by atomic mass is 10.4. The van der Waals surface area contributed by atoms with E-state index < -0.39 is 0 Å². The van der Waals surface area contributed by atoms with Gasteiger partial charge in [-0.2, -0.15) is 4.98 Å². The van der Waals surface area contributed by atoms with Gasteiger partial charge in [-0.1, -0.05) is 25.4 Å². The average Bonchev–Trinajstić information content (AvgIpc) is 2.29. The van der Waals surface area contributed by atoms with Gasteiger partial charge in [-0.25, -0.2) is 0 Å². The van der Waals surface area contributed by atoms with Crippen molar-refractivity contribution in [2.75, 3.05) is 32.0 Å². The number of pyridine rings is 1. The predicted octanol–water partition coefficient (Wildman–Crippen LogP) is 2.04. The molecule has 0 fully saturated rings. The van der Waals surface area contributed by atoms with Crippen LogP contribution in [0.4, 0.5) is 5.69 Å². The third kappa shape index (κ3) is 3.87. The van der Waals surface area contributed by atoms with Crippen LogP contribution in [0.5, 0.6) is 5.88 Å². The number of hydrogen-bond donors (Lipinski definition) is 1. The van der Waals surface area contributed by atoms with E-state index in [2.05, 4.69) is 23.7 Å². The summed E-state index contributed by atoms with van der Waals surface area (Å²) >= 11 is 5.76. The summed E-state index contributed by atoms with van der Waals surface area (Å²) in [4.78, 5) is 6.29. The Balaban J connectivity index is 2.45. The lowest BCUT2D eigenvalue weighted by molar-refractivity contribution is 0.219. The first-order valence-electron chi connectivity index (χ1n) is 5.44. The first-order chi connectivity index (χ1) is 7.67. The highest BCUT2D eigenvalue weighted by atomic mass is 35.5. The third-order valence-electron chi connectivity index (χ3n) is 2.40. The molecular weight excluding hydrogens is 226 g/mol. The van der Waals surface area contributed by atoms with Crippen LogP contribution in [0, 0.1) is 0 Å². The van der Waals surface area contributed by atoms with Crippen LogP contribution < -0.4 is 10.5 Å². The molecule has 0 spiro atoms. The molecule has 0 aliphatic heterocycles. The largest absolute Gasteiger partial charge is 0.475 e. The fraction of sp³-hybridized carbons (Fsp3) is 0.545. The Bertz CT molecular complexity index is 329. The lowest BCUT2D eigenvalue weighted by Crippen LogP contribution is -2.28. The van der Waals surface area contributed by atoms with Gasteiger partial charge >= 0.3 is 0 Å². The van der Waals surface area contributed by atoms with Crippen LogP contribution in [-0.4, -0.2) is 36.1 Å². The van der Waals surface area contributed by atoms with Gasteiger partial charge in [0.15, 0.2) is 0 Å². The van der Waals surface area contributed by atoms with Crippen LogP contribution in [-0.2, 0) is 0 Å². The van der Waals surface area contributed by atoms with Crippen molar-refractivity contribution in [1.29, 1.82) is 0 Å². The van der Waals surface area contributed by atoms with Crippen molar-refractivity contribution in [2.45, 2.75) is 13.8 Å². The van der Waals surface area contributed by atoms with Gasteiger partial charge < -0.3 is 15.4 Å². The van der Waals surface area contributed by atoms with Crippen molar-refractivity contribution in [1.82, 2.24) is 9.88 Å². The maximum absolute atomic E-state index is 5.76. The summed E-state index contributed by atoms with van der Waals surface area (Å²) in [6.07, 6.45) is 0. The SMILES string of the molecule is CCN(CC)CCOc1nc(Cl)ccc1N. The average molecular weight is 244 g/mol. The Labute approximate surface area is 101 Å². The van der Waals surface area contributed by atoms with Crippen LogP contribution in [0.2, 0.25) is 5.15 Å². The Morgan fingerprint density at radius 1 is 1.38 bits per heavy atom.